The van der Waals surface area contributed by atoms with Crippen LogP contribution >= 0.6 is 0 Å². The van der Waals surface area contributed by atoms with Crippen LogP contribution in [0.15, 0.2) is 48.5 Å². The number of nitrogens with zero attached hydrogens (tertiary/aromatic N) is 2. The molecule has 0 aliphatic carbocycles. The summed E-state index contributed by atoms with van der Waals surface area (Å²) in [4.78, 5) is 29.2. The molecule has 2 aromatic carbocycles. The number of benzene rings is 2. The highest BCUT2D eigenvalue weighted by Crippen LogP contribution is 2.12. The number of hydrogen-bond donors (Lipinski definition) is 1. The summed E-state index contributed by atoms with van der Waals surface area (Å²) in [5.74, 6) is -0.229. The molecule has 0 spiro atoms. The molecular weight excluding hydrogens is 381 g/mol. The minimum Gasteiger partial charge on any atom is -0.354 e. The van der Waals surface area contributed by atoms with E-state index in [2.05, 4.69) is 17.1 Å². The molecule has 1 atom stereocenters. The number of amides is 2. The van der Waals surface area contributed by atoms with E-state index in [4.69, 9.17) is 0 Å². The third-order valence-electron chi connectivity index (χ3n) is 5.76. The van der Waals surface area contributed by atoms with Crippen molar-refractivity contribution < 1.29 is 14.0 Å². The Morgan fingerprint density at radius 2 is 1.57 bits per heavy atom. The number of hydrogen-bond acceptors (Lipinski definition) is 3. The third kappa shape index (κ3) is 5.66. The fourth-order valence-corrected chi connectivity index (χ4v) is 3.67. The normalized spacial score (nSPS) is 15.6. The summed E-state index contributed by atoms with van der Waals surface area (Å²) in [6.07, 6.45) is 1.62. The molecule has 30 heavy (non-hydrogen) atoms. The van der Waals surface area contributed by atoms with Gasteiger partial charge < -0.3 is 10.2 Å². The van der Waals surface area contributed by atoms with Gasteiger partial charge in [0.1, 0.15) is 5.82 Å². The van der Waals surface area contributed by atoms with Gasteiger partial charge in [0.05, 0.1) is 6.04 Å². The van der Waals surface area contributed by atoms with E-state index in [1.54, 1.807) is 12.1 Å². The van der Waals surface area contributed by atoms with Crippen molar-refractivity contribution in [1.29, 1.82) is 0 Å². The van der Waals surface area contributed by atoms with Gasteiger partial charge >= 0.3 is 0 Å². The quantitative estimate of drug-likeness (QED) is 0.762. The van der Waals surface area contributed by atoms with E-state index in [1.807, 2.05) is 36.1 Å². The maximum atomic E-state index is 13.0. The van der Waals surface area contributed by atoms with Crippen molar-refractivity contribution in [2.24, 2.45) is 0 Å². The van der Waals surface area contributed by atoms with Crippen molar-refractivity contribution in [3.8, 4) is 0 Å². The summed E-state index contributed by atoms with van der Waals surface area (Å²) in [6, 6.07) is 13.9. The Kier molecular flexibility index (Phi) is 7.57. The Morgan fingerprint density at radius 3 is 2.17 bits per heavy atom. The van der Waals surface area contributed by atoms with Crippen molar-refractivity contribution in [3.63, 3.8) is 0 Å². The summed E-state index contributed by atoms with van der Waals surface area (Å²) >= 11 is 0. The number of rotatable bonds is 7. The highest BCUT2D eigenvalue weighted by molar-refractivity contribution is 5.94. The van der Waals surface area contributed by atoms with Gasteiger partial charge in [-0.2, -0.15) is 0 Å². The van der Waals surface area contributed by atoms with Crippen molar-refractivity contribution in [1.82, 2.24) is 15.1 Å². The maximum absolute atomic E-state index is 13.0. The first-order valence-corrected chi connectivity index (χ1v) is 10.6. The van der Waals surface area contributed by atoms with E-state index < -0.39 is 0 Å². The summed E-state index contributed by atoms with van der Waals surface area (Å²) in [5.41, 5.74) is 2.92. The zero-order valence-electron chi connectivity index (χ0n) is 17.7. The molecule has 5 nitrogen and oxygen atoms in total. The van der Waals surface area contributed by atoms with Crippen LogP contribution in [0.2, 0.25) is 0 Å². The lowest BCUT2D eigenvalue weighted by molar-refractivity contribution is -0.126. The smallest absolute Gasteiger partial charge is 0.253 e. The molecule has 1 fully saturated rings. The van der Waals surface area contributed by atoms with Crippen LogP contribution in [0.1, 0.15) is 35.3 Å². The van der Waals surface area contributed by atoms with Crippen molar-refractivity contribution in [2.45, 2.75) is 32.7 Å². The van der Waals surface area contributed by atoms with Gasteiger partial charge in [0.15, 0.2) is 0 Å². The average molecular weight is 412 g/mol. The molecule has 1 N–H and O–H groups in total. The third-order valence-corrected chi connectivity index (χ3v) is 5.76. The largest absolute Gasteiger partial charge is 0.354 e. The Hall–Kier alpha value is -2.73. The first kappa shape index (κ1) is 22.0. The Balaban J connectivity index is 1.43. The van der Waals surface area contributed by atoms with Crippen LogP contribution < -0.4 is 5.32 Å². The Labute approximate surface area is 177 Å². The van der Waals surface area contributed by atoms with Gasteiger partial charge in [0.25, 0.3) is 5.91 Å². The van der Waals surface area contributed by atoms with Gasteiger partial charge in [-0.3, -0.25) is 14.5 Å². The molecule has 0 radical (unpaired) electrons. The summed E-state index contributed by atoms with van der Waals surface area (Å²) in [5, 5.41) is 2.96. The molecule has 2 amide bonds. The van der Waals surface area contributed by atoms with Crippen LogP contribution in [0, 0.1) is 5.82 Å². The van der Waals surface area contributed by atoms with Crippen LogP contribution in [-0.2, 0) is 17.6 Å². The second-order valence-corrected chi connectivity index (χ2v) is 7.72. The number of halogens is 1. The maximum Gasteiger partial charge on any atom is 0.253 e. The molecule has 1 heterocycles. The number of carbonyl (C=O) groups is 2. The fourth-order valence-electron chi connectivity index (χ4n) is 3.67. The molecule has 0 saturated carbocycles. The zero-order valence-corrected chi connectivity index (χ0v) is 17.7. The lowest BCUT2D eigenvalue weighted by atomic mass is 10.1. The van der Waals surface area contributed by atoms with E-state index in [0.717, 1.165) is 12.0 Å². The molecule has 1 aliphatic heterocycles. The summed E-state index contributed by atoms with van der Waals surface area (Å²) < 4.78 is 13.0. The van der Waals surface area contributed by atoms with E-state index in [9.17, 15) is 14.0 Å². The van der Waals surface area contributed by atoms with Gasteiger partial charge in [-0.25, -0.2) is 4.39 Å². The van der Waals surface area contributed by atoms with E-state index in [-0.39, 0.29) is 23.7 Å². The van der Waals surface area contributed by atoms with Gasteiger partial charge in [-0.1, -0.05) is 31.2 Å². The van der Waals surface area contributed by atoms with E-state index in [1.165, 1.54) is 17.7 Å². The highest BCUT2D eigenvalue weighted by Gasteiger charge is 2.27. The highest BCUT2D eigenvalue weighted by atomic mass is 19.1. The number of nitrogens with one attached hydrogen (secondary N) is 1. The van der Waals surface area contributed by atoms with Crippen LogP contribution in [0.4, 0.5) is 4.39 Å². The first-order chi connectivity index (χ1) is 14.5. The fraction of sp³-hybridized carbons (Fsp3) is 0.417. The second-order valence-electron chi connectivity index (χ2n) is 7.72. The minimum absolute atomic E-state index is 0.0213. The SMILES string of the molecule is CCc1ccc(C(=O)N2CCN(C(C)C(=O)NCCc3ccc(F)cc3)CC2)cc1. The summed E-state index contributed by atoms with van der Waals surface area (Å²) in [7, 11) is 0. The Morgan fingerprint density at radius 1 is 0.967 bits per heavy atom. The molecule has 0 aromatic heterocycles. The zero-order chi connectivity index (χ0) is 21.5. The van der Waals surface area contributed by atoms with Crippen LogP contribution in [0.3, 0.4) is 0 Å². The molecule has 3 rings (SSSR count). The van der Waals surface area contributed by atoms with Gasteiger partial charge in [0.2, 0.25) is 5.91 Å². The predicted molar refractivity (Wildman–Crippen MR) is 116 cm³/mol. The first-order valence-electron chi connectivity index (χ1n) is 10.6. The van der Waals surface area contributed by atoms with Crippen LogP contribution in [0.5, 0.6) is 0 Å². The molecule has 160 valence electrons. The minimum atomic E-state index is -0.257. The number of piperazine rings is 1. The number of aryl methyl sites for hydroxylation is 1. The Bertz CT molecular complexity index is 844. The average Bonchev–Trinajstić information content (AvgIpc) is 2.79. The molecule has 0 bridgehead atoms. The van der Waals surface area contributed by atoms with Gasteiger partial charge in [-0.05, 0) is 55.2 Å². The molecular formula is C24H30FN3O2. The lowest BCUT2D eigenvalue weighted by Crippen LogP contribution is -2.55. The van der Waals surface area contributed by atoms with Crippen LogP contribution in [0.25, 0.3) is 0 Å². The molecule has 1 unspecified atom stereocenters. The van der Waals surface area contributed by atoms with Crippen molar-refractivity contribution >= 4 is 11.8 Å². The van der Waals surface area contributed by atoms with Crippen molar-refractivity contribution in [3.05, 3.63) is 71.0 Å². The topological polar surface area (TPSA) is 52.7 Å². The predicted octanol–water partition coefficient (Wildman–Crippen LogP) is 2.89. The van der Waals surface area contributed by atoms with Crippen molar-refractivity contribution in [2.75, 3.05) is 32.7 Å². The van der Waals surface area contributed by atoms with E-state index >= 15 is 0 Å². The molecule has 1 aliphatic rings. The monoisotopic (exact) mass is 411 g/mol. The van der Waals surface area contributed by atoms with Crippen LogP contribution in [-0.4, -0.2) is 60.4 Å². The standard InChI is InChI=1S/C24H30FN3O2/c1-3-19-4-8-21(9-5-19)24(30)28-16-14-27(15-17-28)18(2)23(29)26-13-12-20-6-10-22(25)11-7-20/h4-11,18H,3,12-17H2,1-2H3,(H,26,29). The lowest BCUT2D eigenvalue weighted by Gasteiger charge is -2.37. The molecule has 1 saturated heterocycles. The summed E-state index contributed by atoms with van der Waals surface area (Å²) in [6.45, 7) is 7.07. The van der Waals surface area contributed by atoms with Gasteiger partial charge in [0, 0.05) is 38.3 Å². The number of carbonyl (C=O) groups excluding carboxylic acids is 2. The second kappa shape index (κ2) is 10.3. The molecule has 6 heteroatoms. The van der Waals surface area contributed by atoms with Gasteiger partial charge in [-0.15, -0.1) is 0 Å². The molecule has 2 aromatic rings. The van der Waals surface area contributed by atoms with E-state index in [0.29, 0.717) is 44.7 Å².